The summed E-state index contributed by atoms with van der Waals surface area (Å²) in [5.41, 5.74) is 2.15. The average molecular weight is 310 g/mol. The molecule has 2 aliphatic heterocycles. The first-order chi connectivity index (χ1) is 10.1. The second-order valence-corrected chi connectivity index (χ2v) is 7.82. The van der Waals surface area contributed by atoms with Crippen LogP contribution in [0.15, 0.2) is 23.1 Å². The van der Waals surface area contributed by atoms with Crippen molar-refractivity contribution in [1.29, 1.82) is 0 Å². The van der Waals surface area contributed by atoms with Gasteiger partial charge in [0.1, 0.15) is 0 Å². The van der Waals surface area contributed by atoms with Crippen LogP contribution in [0.2, 0.25) is 0 Å². The summed E-state index contributed by atoms with van der Waals surface area (Å²) in [6, 6.07) is 5.41. The summed E-state index contributed by atoms with van der Waals surface area (Å²) < 4.78 is 27.0. The molecule has 0 aromatic heterocycles. The molecule has 0 radical (unpaired) electrons. The van der Waals surface area contributed by atoms with E-state index in [4.69, 9.17) is 5.11 Å². The summed E-state index contributed by atoms with van der Waals surface area (Å²) in [5, 5.41) is 12.4. The van der Waals surface area contributed by atoms with Gasteiger partial charge in [-0.3, -0.25) is 0 Å². The monoisotopic (exact) mass is 310 g/mol. The van der Waals surface area contributed by atoms with Gasteiger partial charge in [0.2, 0.25) is 10.0 Å². The molecule has 0 bridgehead atoms. The van der Waals surface area contributed by atoms with Crippen LogP contribution in [0.5, 0.6) is 0 Å². The zero-order chi connectivity index (χ0) is 14.9. The third-order valence-corrected chi connectivity index (χ3v) is 6.38. The number of hydrogen-bond donors (Lipinski definition) is 2. The van der Waals surface area contributed by atoms with Gasteiger partial charge in [-0.15, -0.1) is 0 Å². The van der Waals surface area contributed by atoms with Crippen LogP contribution in [0, 0.1) is 5.92 Å². The fraction of sp³-hybridized carbons (Fsp3) is 0.600. The number of aryl methyl sites for hydroxylation is 1. The Morgan fingerprint density at radius 3 is 2.76 bits per heavy atom. The van der Waals surface area contributed by atoms with E-state index in [1.165, 1.54) is 5.56 Å². The molecule has 0 aliphatic carbocycles. The largest absolute Gasteiger partial charge is 0.396 e. The number of nitrogens with one attached hydrogen (secondary N) is 1. The van der Waals surface area contributed by atoms with E-state index in [9.17, 15) is 8.42 Å². The molecule has 0 saturated carbocycles. The van der Waals surface area contributed by atoms with E-state index in [1.807, 2.05) is 6.07 Å². The molecule has 2 N–H and O–H groups in total. The highest BCUT2D eigenvalue weighted by molar-refractivity contribution is 7.89. The zero-order valence-electron chi connectivity index (χ0n) is 12.1. The second-order valence-electron chi connectivity index (χ2n) is 5.88. The van der Waals surface area contributed by atoms with Crippen LogP contribution in [0.3, 0.4) is 0 Å². The second kappa shape index (κ2) is 5.94. The number of aliphatic hydroxyl groups is 1. The van der Waals surface area contributed by atoms with Gasteiger partial charge in [-0.2, -0.15) is 4.31 Å². The molecule has 5 nitrogen and oxygen atoms in total. The molecule has 116 valence electrons. The Morgan fingerprint density at radius 2 is 2.05 bits per heavy atom. The van der Waals surface area contributed by atoms with Gasteiger partial charge < -0.3 is 10.4 Å². The van der Waals surface area contributed by atoms with E-state index >= 15 is 0 Å². The van der Waals surface area contributed by atoms with Crippen molar-refractivity contribution in [1.82, 2.24) is 4.31 Å². The van der Waals surface area contributed by atoms with Gasteiger partial charge >= 0.3 is 0 Å². The van der Waals surface area contributed by atoms with Crippen molar-refractivity contribution in [3.8, 4) is 0 Å². The molecule has 0 atom stereocenters. The van der Waals surface area contributed by atoms with Gasteiger partial charge in [0.25, 0.3) is 0 Å². The molecule has 3 rings (SSSR count). The number of hydrogen-bond acceptors (Lipinski definition) is 4. The Bertz CT molecular complexity index is 607. The number of anilines is 1. The minimum Gasteiger partial charge on any atom is -0.396 e. The predicted octanol–water partition coefficient (Wildman–Crippen LogP) is 1.44. The van der Waals surface area contributed by atoms with Gasteiger partial charge in [-0.05, 0) is 49.3 Å². The van der Waals surface area contributed by atoms with Crippen LogP contribution in [-0.2, 0) is 16.4 Å². The fourth-order valence-corrected chi connectivity index (χ4v) is 4.58. The Hall–Kier alpha value is -1.11. The lowest BCUT2D eigenvalue weighted by atomic mass is 10.00. The van der Waals surface area contributed by atoms with Crippen LogP contribution in [0.1, 0.15) is 24.8 Å². The number of rotatable bonds is 3. The molecule has 2 aliphatic rings. The summed E-state index contributed by atoms with van der Waals surface area (Å²) in [7, 11) is -3.42. The van der Waals surface area contributed by atoms with Gasteiger partial charge in [0.15, 0.2) is 0 Å². The molecule has 1 saturated heterocycles. The molecular formula is C15H22N2O3S. The first kappa shape index (κ1) is 14.8. The molecule has 2 heterocycles. The average Bonchev–Trinajstić information content (AvgIpc) is 2.54. The molecule has 1 fully saturated rings. The fourth-order valence-electron chi connectivity index (χ4n) is 3.08. The number of nitrogens with zero attached hydrogens (tertiary/aromatic N) is 1. The smallest absolute Gasteiger partial charge is 0.243 e. The highest BCUT2D eigenvalue weighted by atomic mass is 32.2. The van der Waals surface area contributed by atoms with Crippen molar-refractivity contribution in [2.45, 2.75) is 30.6 Å². The summed E-state index contributed by atoms with van der Waals surface area (Å²) in [6.45, 7) is 2.05. The number of sulfonamides is 1. The van der Waals surface area contributed by atoms with Crippen LogP contribution in [-0.4, -0.2) is 44.1 Å². The standard InChI is InChI=1S/C15H22N2O3S/c18-11-12-5-8-17(9-6-12)21(19,20)14-4-3-13-2-1-7-16-15(13)10-14/h3-4,10,12,16,18H,1-2,5-9,11H2. The topological polar surface area (TPSA) is 69.6 Å². The lowest BCUT2D eigenvalue weighted by molar-refractivity contribution is 0.170. The summed E-state index contributed by atoms with van der Waals surface area (Å²) in [6.07, 6.45) is 3.57. The zero-order valence-corrected chi connectivity index (χ0v) is 12.9. The van der Waals surface area contributed by atoms with E-state index in [-0.39, 0.29) is 12.5 Å². The Kier molecular flexibility index (Phi) is 4.19. The van der Waals surface area contributed by atoms with Gasteiger partial charge in [-0.25, -0.2) is 8.42 Å². The first-order valence-corrected chi connectivity index (χ1v) is 9.03. The van der Waals surface area contributed by atoms with Gasteiger partial charge in [0.05, 0.1) is 4.90 Å². The number of fused-ring (bicyclic) bond motifs is 1. The lowest BCUT2D eigenvalue weighted by Gasteiger charge is -2.30. The number of benzene rings is 1. The summed E-state index contributed by atoms with van der Waals surface area (Å²) >= 11 is 0. The van der Waals surface area contributed by atoms with E-state index in [2.05, 4.69) is 5.32 Å². The normalized spacial score (nSPS) is 20.8. The molecule has 1 aromatic rings. The summed E-state index contributed by atoms with van der Waals surface area (Å²) in [4.78, 5) is 0.373. The van der Waals surface area contributed by atoms with E-state index in [1.54, 1.807) is 16.4 Å². The maximum absolute atomic E-state index is 12.7. The molecule has 1 aromatic carbocycles. The van der Waals surface area contributed by atoms with Crippen LogP contribution < -0.4 is 5.32 Å². The Morgan fingerprint density at radius 1 is 1.29 bits per heavy atom. The van der Waals surface area contributed by atoms with Gasteiger partial charge in [-0.1, -0.05) is 6.07 Å². The molecule has 0 unspecified atom stereocenters. The van der Waals surface area contributed by atoms with E-state index in [0.717, 1.165) is 37.9 Å². The van der Waals surface area contributed by atoms with E-state index in [0.29, 0.717) is 18.0 Å². The van der Waals surface area contributed by atoms with Crippen molar-refractivity contribution >= 4 is 15.7 Å². The highest BCUT2D eigenvalue weighted by Gasteiger charge is 2.29. The Balaban J connectivity index is 1.82. The van der Waals surface area contributed by atoms with Crippen molar-refractivity contribution in [2.75, 3.05) is 31.6 Å². The molecule has 21 heavy (non-hydrogen) atoms. The summed E-state index contributed by atoms with van der Waals surface area (Å²) in [5.74, 6) is 0.238. The molecule has 0 spiro atoms. The molecule has 0 amide bonds. The third kappa shape index (κ3) is 2.93. The van der Waals surface area contributed by atoms with Crippen molar-refractivity contribution in [3.05, 3.63) is 23.8 Å². The minimum atomic E-state index is -3.42. The van der Waals surface area contributed by atoms with Crippen LogP contribution in [0.4, 0.5) is 5.69 Å². The van der Waals surface area contributed by atoms with E-state index < -0.39 is 10.0 Å². The molecule has 6 heteroatoms. The predicted molar refractivity (Wildman–Crippen MR) is 81.8 cm³/mol. The molecular weight excluding hydrogens is 288 g/mol. The van der Waals surface area contributed by atoms with Gasteiger partial charge in [0, 0.05) is 31.9 Å². The first-order valence-electron chi connectivity index (χ1n) is 7.59. The quantitative estimate of drug-likeness (QED) is 0.886. The maximum Gasteiger partial charge on any atom is 0.243 e. The van der Waals surface area contributed by atoms with Crippen molar-refractivity contribution < 1.29 is 13.5 Å². The minimum absolute atomic E-state index is 0.149. The third-order valence-electron chi connectivity index (χ3n) is 4.49. The number of aliphatic hydroxyl groups excluding tert-OH is 1. The van der Waals surface area contributed by atoms with Crippen molar-refractivity contribution in [2.24, 2.45) is 5.92 Å². The lowest BCUT2D eigenvalue weighted by Crippen LogP contribution is -2.39. The maximum atomic E-state index is 12.7. The Labute approximate surface area is 126 Å². The van der Waals surface area contributed by atoms with Crippen LogP contribution >= 0.6 is 0 Å². The SMILES string of the molecule is O=S(=O)(c1ccc2c(c1)NCCC2)N1CCC(CO)CC1. The van der Waals surface area contributed by atoms with Crippen molar-refractivity contribution in [3.63, 3.8) is 0 Å². The highest BCUT2D eigenvalue weighted by Crippen LogP contribution is 2.28. The number of piperidine rings is 1. The van der Waals surface area contributed by atoms with Crippen LogP contribution in [0.25, 0.3) is 0 Å².